The molecule has 8 heteroatoms. The molecule has 1 aliphatic rings. The minimum Gasteiger partial charge on any atom is -0.491 e. The van der Waals surface area contributed by atoms with Gasteiger partial charge in [-0.25, -0.2) is 19.3 Å². The number of carbonyl (C=O) groups excluding carboxylic acids is 1. The lowest BCUT2D eigenvalue weighted by atomic mass is 10.2. The maximum absolute atomic E-state index is 13.5. The molecule has 1 atom stereocenters. The zero-order valence-electron chi connectivity index (χ0n) is 9.81. The largest absolute Gasteiger partial charge is 0.491 e. The Hall–Kier alpha value is -2.22. The van der Waals surface area contributed by atoms with Gasteiger partial charge in [-0.1, -0.05) is 0 Å². The van der Waals surface area contributed by atoms with Gasteiger partial charge >= 0.3 is 0 Å². The van der Waals surface area contributed by atoms with E-state index in [9.17, 15) is 13.6 Å². The van der Waals surface area contributed by atoms with Crippen molar-refractivity contribution in [2.75, 3.05) is 13.7 Å². The number of aliphatic imine (C=N–C) groups is 1. The standard InChI is InChI=1S/C11H10F2N2O4/c1-18-9-6(12)2-5(3-7(9)13)11-14-8(4-19-11)10(16)15-17/h2-3,8,17H,4H2,1H3,(H,15,16)/t8-/m1/s1. The van der Waals surface area contributed by atoms with Gasteiger partial charge in [-0.15, -0.1) is 0 Å². The Balaban J connectivity index is 2.31. The van der Waals surface area contributed by atoms with Gasteiger partial charge in [0.15, 0.2) is 23.4 Å². The van der Waals surface area contributed by atoms with E-state index in [4.69, 9.17) is 9.94 Å². The van der Waals surface area contributed by atoms with Gasteiger partial charge in [-0.3, -0.25) is 10.0 Å². The molecule has 2 N–H and O–H groups in total. The molecule has 0 saturated heterocycles. The van der Waals surface area contributed by atoms with Gasteiger partial charge in [-0.2, -0.15) is 0 Å². The average molecular weight is 272 g/mol. The lowest BCUT2D eigenvalue weighted by Gasteiger charge is -2.06. The van der Waals surface area contributed by atoms with E-state index in [1.54, 1.807) is 0 Å². The molecule has 0 radical (unpaired) electrons. The van der Waals surface area contributed by atoms with Crippen molar-refractivity contribution < 1.29 is 28.3 Å². The molecule has 1 heterocycles. The van der Waals surface area contributed by atoms with Crippen LogP contribution in [0.5, 0.6) is 5.75 Å². The Kier molecular flexibility index (Phi) is 3.61. The van der Waals surface area contributed by atoms with Gasteiger partial charge in [0.1, 0.15) is 6.61 Å². The van der Waals surface area contributed by atoms with Gasteiger partial charge in [-0.05, 0) is 12.1 Å². The van der Waals surface area contributed by atoms with Crippen LogP contribution in [0, 0.1) is 11.6 Å². The summed E-state index contributed by atoms with van der Waals surface area (Å²) in [6.07, 6.45) is 0. The van der Waals surface area contributed by atoms with E-state index >= 15 is 0 Å². The summed E-state index contributed by atoms with van der Waals surface area (Å²) in [4.78, 5) is 14.9. The number of nitrogens with one attached hydrogen (secondary N) is 1. The Morgan fingerprint density at radius 3 is 2.68 bits per heavy atom. The monoisotopic (exact) mass is 272 g/mol. The molecule has 6 nitrogen and oxygen atoms in total. The number of halogens is 2. The van der Waals surface area contributed by atoms with Crippen LogP contribution >= 0.6 is 0 Å². The second-order valence-electron chi connectivity index (χ2n) is 3.71. The lowest BCUT2D eigenvalue weighted by Crippen LogP contribution is -2.31. The molecule has 1 aliphatic heterocycles. The highest BCUT2D eigenvalue weighted by Gasteiger charge is 2.27. The number of hydrogen-bond acceptors (Lipinski definition) is 5. The minimum absolute atomic E-state index is 0.0454. The highest BCUT2D eigenvalue weighted by atomic mass is 19.1. The molecule has 0 spiro atoms. The predicted octanol–water partition coefficient (Wildman–Crippen LogP) is 0.624. The number of ether oxygens (including phenoxy) is 2. The number of amides is 1. The molecular formula is C11H10F2N2O4. The van der Waals surface area contributed by atoms with Crippen molar-refractivity contribution in [1.29, 1.82) is 0 Å². The summed E-state index contributed by atoms with van der Waals surface area (Å²) >= 11 is 0. The molecule has 102 valence electrons. The molecule has 2 rings (SSSR count). The highest BCUT2D eigenvalue weighted by Crippen LogP contribution is 2.24. The van der Waals surface area contributed by atoms with E-state index in [-0.39, 0.29) is 18.1 Å². The van der Waals surface area contributed by atoms with Crippen LogP contribution in [0.1, 0.15) is 5.56 Å². The van der Waals surface area contributed by atoms with Crippen molar-refractivity contribution in [1.82, 2.24) is 5.48 Å². The summed E-state index contributed by atoms with van der Waals surface area (Å²) < 4.78 is 36.6. The second kappa shape index (κ2) is 5.19. The molecule has 0 unspecified atom stereocenters. The summed E-state index contributed by atoms with van der Waals surface area (Å²) in [7, 11) is 1.15. The molecule has 1 aromatic rings. The summed E-state index contributed by atoms with van der Waals surface area (Å²) in [5, 5.41) is 8.45. The third kappa shape index (κ3) is 2.48. The van der Waals surface area contributed by atoms with Gasteiger partial charge in [0.25, 0.3) is 5.91 Å². The van der Waals surface area contributed by atoms with Crippen LogP contribution in [0.15, 0.2) is 17.1 Å². The maximum atomic E-state index is 13.5. The fourth-order valence-electron chi connectivity index (χ4n) is 1.62. The van der Waals surface area contributed by atoms with E-state index in [1.165, 1.54) is 5.48 Å². The fraction of sp³-hybridized carbons (Fsp3) is 0.273. The van der Waals surface area contributed by atoms with Crippen LogP contribution < -0.4 is 10.2 Å². The predicted molar refractivity (Wildman–Crippen MR) is 59.1 cm³/mol. The van der Waals surface area contributed by atoms with Crippen molar-refractivity contribution in [3.05, 3.63) is 29.3 Å². The number of rotatable bonds is 3. The molecule has 1 amide bonds. The van der Waals surface area contributed by atoms with E-state index in [0.717, 1.165) is 19.2 Å². The van der Waals surface area contributed by atoms with Crippen LogP contribution in [0.3, 0.4) is 0 Å². The smallest absolute Gasteiger partial charge is 0.271 e. The summed E-state index contributed by atoms with van der Waals surface area (Å²) in [5.41, 5.74) is 1.47. The third-order valence-electron chi connectivity index (χ3n) is 2.51. The summed E-state index contributed by atoms with van der Waals surface area (Å²) in [5.74, 6) is -3.15. The van der Waals surface area contributed by atoms with Crippen LogP contribution in [-0.4, -0.2) is 36.8 Å². The van der Waals surface area contributed by atoms with E-state index in [2.05, 4.69) is 9.73 Å². The first-order valence-corrected chi connectivity index (χ1v) is 5.24. The second-order valence-corrected chi connectivity index (χ2v) is 3.71. The number of benzene rings is 1. The first kappa shape index (κ1) is 13.2. The number of nitrogens with zero attached hydrogens (tertiary/aromatic N) is 1. The summed E-state index contributed by atoms with van der Waals surface area (Å²) in [6.45, 7) is -0.114. The molecule has 1 aromatic carbocycles. The van der Waals surface area contributed by atoms with Crippen molar-refractivity contribution in [3.8, 4) is 5.75 Å². The van der Waals surface area contributed by atoms with Gasteiger partial charge in [0.05, 0.1) is 7.11 Å². The maximum Gasteiger partial charge on any atom is 0.271 e. The Bertz CT molecular complexity index is 524. The molecule has 0 aromatic heterocycles. The SMILES string of the molecule is COc1c(F)cc(C2=N[C@@H](C(=O)NO)CO2)cc1F. The molecule has 0 aliphatic carbocycles. The van der Waals surface area contributed by atoms with E-state index in [1.807, 2.05) is 0 Å². The van der Waals surface area contributed by atoms with Crippen LogP contribution in [0.2, 0.25) is 0 Å². The van der Waals surface area contributed by atoms with Crippen molar-refractivity contribution >= 4 is 11.8 Å². The van der Waals surface area contributed by atoms with E-state index < -0.39 is 29.3 Å². The van der Waals surface area contributed by atoms with Crippen LogP contribution in [0.25, 0.3) is 0 Å². The first-order chi connectivity index (χ1) is 9.06. The van der Waals surface area contributed by atoms with Crippen molar-refractivity contribution in [3.63, 3.8) is 0 Å². The number of carbonyl (C=O) groups is 1. The topological polar surface area (TPSA) is 80.2 Å². The Morgan fingerprint density at radius 2 is 2.16 bits per heavy atom. The first-order valence-electron chi connectivity index (χ1n) is 5.24. The lowest BCUT2D eigenvalue weighted by molar-refractivity contribution is -0.130. The molecule has 0 fully saturated rings. The highest BCUT2D eigenvalue weighted by molar-refractivity contribution is 5.98. The quantitative estimate of drug-likeness (QED) is 0.624. The minimum atomic E-state index is -0.951. The van der Waals surface area contributed by atoms with Gasteiger partial charge in [0.2, 0.25) is 5.90 Å². The van der Waals surface area contributed by atoms with Crippen LogP contribution in [0.4, 0.5) is 8.78 Å². The molecular weight excluding hydrogens is 262 g/mol. The molecule has 0 saturated carbocycles. The molecule has 0 bridgehead atoms. The average Bonchev–Trinajstić information content (AvgIpc) is 2.87. The van der Waals surface area contributed by atoms with E-state index in [0.29, 0.717) is 0 Å². The third-order valence-corrected chi connectivity index (χ3v) is 2.51. The Labute approximate surface area is 106 Å². The zero-order chi connectivity index (χ0) is 14.0. The van der Waals surface area contributed by atoms with Crippen LogP contribution in [-0.2, 0) is 9.53 Å². The number of hydroxylamine groups is 1. The van der Waals surface area contributed by atoms with Gasteiger partial charge in [0, 0.05) is 5.56 Å². The normalized spacial score (nSPS) is 17.7. The molecule has 19 heavy (non-hydrogen) atoms. The Morgan fingerprint density at radius 1 is 1.53 bits per heavy atom. The van der Waals surface area contributed by atoms with Gasteiger partial charge < -0.3 is 9.47 Å². The zero-order valence-corrected chi connectivity index (χ0v) is 9.81. The fourth-order valence-corrected chi connectivity index (χ4v) is 1.62. The van der Waals surface area contributed by atoms with Crippen molar-refractivity contribution in [2.45, 2.75) is 6.04 Å². The summed E-state index contributed by atoms with van der Waals surface area (Å²) in [6, 6.07) is 1.02. The van der Waals surface area contributed by atoms with Crippen molar-refractivity contribution in [2.24, 2.45) is 4.99 Å². The number of methoxy groups -OCH3 is 1. The number of hydrogen-bond donors (Lipinski definition) is 2.